The highest BCUT2D eigenvalue weighted by molar-refractivity contribution is 5.76. The molecule has 140 valence electrons. The Hall–Kier alpha value is -2.54. The molecule has 3 rings (SSSR count). The molecule has 1 amide bonds. The molecule has 2 heterocycles. The fraction of sp³-hybridized carbons (Fsp3) is 0.474. The average molecular weight is 360 g/mol. The van der Waals surface area contributed by atoms with Crippen LogP contribution < -0.4 is 14.8 Å². The quantitative estimate of drug-likeness (QED) is 0.779. The van der Waals surface area contributed by atoms with Crippen molar-refractivity contribution in [3.63, 3.8) is 0 Å². The second-order valence-electron chi connectivity index (χ2n) is 6.12. The molecular formula is C19H24N2O5. The van der Waals surface area contributed by atoms with Crippen LogP contribution in [0.1, 0.15) is 25.2 Å². The van der Waals surface area contributed by atoms with Gasteiger partial charge in [-0.05, 0) is 25.0 Å². The van der Waals surface area contributed by atoms with Gasteiger partial charge in [0.25, 0.3) is 0 Å². The number of carbonyl (C=O) groups excluding carboxylic acids is 1. The van der Waals surface area contributed by atoms with Crippen molar-refractivity contribution in [2.24, 2.45) is 0 Å². The molecule has 1 N–H and O–H groups in total. The number of oxazole rings is 1. The van der Waals surface area contributed by atoms with Crippen molar-refractivity contribution in [1.29, 1.82) is 0 Å². The molecule has 0 unspecified atom stereocenters. The van der Waals surface area contributed by atoms with Gasteiger partial charge in [0.1, 0.15) is 11.5 Å². The predicted molar refractivity (Wildman–Crippen MR) is 95.3 cm³/mol. The Labute approximate surface area is 152 Å². The van der Waals surface area contributed by atoms with E-state index in [1.54, 1.807) is 26.5 Å². The van der Waals surface area contributed by atoms with Gasteiger partial charge in [0.05, 0.1) is 32.1 Å². The summed E-state index contributed by atoms with van der Waals surface area (Å²) in [5.74, 6) is 2.43. The van der Waals surface area contributed by atoms with Gasteiger partial charge < -0.3 is 23.9 Å². The van der Waals surface area contributed by atoms with Crippen LogP contribution in [0.5, 0.6) is 11.5 Å². The lowest BCUT2D eigenvalue weighted by molar-refractivity contribution is -0.121. The summed E-state index contributed by atoms with van der Waals surface area (Å²) < 4.78 is 21.9. The van der Waals surface area contributed by atoms with Crippen LogP contribution in [0.4, 0.5) is 0 Å². The summed E-state index contributed by atoms with van der Waals surface area (Å²) in [4.78, 5) is 16.2. The molecule has 7 nitrogen and oxygen atoms in total. The zero-order valence-electron chi connectivity index (χ0n) is 15.1. The van der Waals surface area contributed by atoms with Gasteiger partial charge in [0.2, 0.25) is 5.91 Å². The van der Waals surface area contributed by atoms with Crippen LogP contribution in [-0.2, 0) is 16.0 Å². The Kier molecular flexibility index (Phi) is 6.12. The lowest BCUT2D eigenvalue weighted by Crippen LogP contribution is -2.31. The zero-order valence-corrected chi connectivity index (χ0v) is 15.1. The third kappa shape index (κ3) is 4.54. The smallest absolute Gasteiger partial charge is 0.220 e. The molecule has 1 aromatic heterocycles. The molecule has 1 aliphatic heterocycles. The highest BCUT2D eigenvalue weighted by Crippen LogP contribution is 2.33. The van der Waals surface area contributed by atoms with Gasteiger partial charge in [-0.1, -0.05) is 0 Å². The molecule has 1 aliphatic rings. The summed E-state index contributed by atoms with van der Waals surface area (Å²) >= 11 is 0. The lowest BCUT2D eigenvalue weighted by atomic mass is 10.1. The Morgan fingerprint density at radius 2 is 2.23 bits per heavy atom. The second kappa shape index (κ2) is 8.71. The number of aromatic nitrogens is 1. The molecule has 1 fully saturated rings. The van der Waals surface area contributed by atoms with Crippen LogP contribution in [0.15, 0.2) is 28.8 Å². The minimum atomic E-state index is -0.0257. The van der Waals surface area contributed by atoms with Crippen LogP contribution >= 0.6 is 0 Å². The number of rotatable bonds is 8. The molecule has 1 aromatic carbocycles. The number of hydrogen-bond donors (Lipinski definition) is 1. The Balaban J connectivity index is 1.55. The molecule has 1 atom stereocenters. The van der Waals surface area contributed by atoms with Crippen molar-refractivity contribution in [3.05, 3.63) is 30.3 Å². The van der Waals surface area contributed by atoms with E-state index in [0.717, 1.165) is 25.0 Å². The third-order valence-electron chi connectivity index (χ3n) is 4.34. The van der Waals surface area contributed by atoms with Crippen molar-refractivity contribution in [2.45, 2.75) is 31.8 Å². The first-order valence-electron chi connectivity index (χ1n) is 8.75. The molecule has 0 aliphatic carbocycles. The van der Waals surface area contributed by atoms with Crippen molar-refractivity contribution in [2.75, 3.05) is 27.4 Å². The molecule has 0 spiro atoms. The summed E-state index contributed by atoms with van der Waals surface area (Å²) in [5.41, 5.74) is 0.787. The van der Waals surface area contributed by atoms with E-state index in [9.17, 15) is 4.79 Å². The highest BCUT2D eigenvalue weighted by atomic mass is 16.5. The van der Waals surface area contributed by atoms with Gasteiger partial charge >= 0.3 is 0 Å². The number of nitrogens with zero attached hydrogens (tertiary/aromatic N) is 1. The van der Waals surface area contributed by atoms with E-state index in [-0.39, 0.29) is 12.0 Å². The van der Waals surface area contributed by atoms with Crippen LogP contribution in [0.3, 0.4) is 0 Å². The number of aryl methyl sites for hydroxylation is 1. The fourth-order valence-electron chi connectivity index (χ4n) is 2.89. The number of amides is 1. The molecule has 0 bridgehead atoms. The van der Waals surface area contributed by atoms with Gasteiger partial charge in [-0.15, -0.1) is 0 Å². The van der Waals surface area contributed by atoms with Gasteiger partial charge in [0, 0.05) is 32.1 Å². The summed E-state index contributed by atoms with van der Waals surface area (Å²) in [6.45, 7) is 1.35. The van der Waals surface area contributed by atoms with E-state index in [1.807, 2.05) is 12.1 Å². The average Bonchev–Trinajstić information content (AvgIpc) is 3.36. The number of ether oxygens (including phenoxy) is 3. The minimum absolute atomic E-state index is 0.0257. The van der Waals surface area contributed by atoms with Crippen LogP contribution in [-0.4, -0.2) is 44.4 Å². The van der Waals surface area contributed by atoms with Crippen molar-refractivity contribution < 1.29 is 23.4 Å². The summed E-state index contributed by atoms with van der Waals surface area (Å²) in [5, 5.41) is 2.90. The Morgan fingerprint density at radius 1 is 1.35 bits per heavy atom. The molecule has 1 saturated heterocycles. The van der Waals surface area contributed by atoms with Crippen molar-refractivity contribution in [1.82, 2.24) is 10.3 Å². The van der Waals surface area contributed by atoms with E-state index < -0.39 is 0 Å². The van der Waals surface area contributed by atoms with Gasteiger partial charge in [-0.2, -0.15) is 0 Å². The van der Waals surface area contributed by atoms with Crippen molar-refractivity contribution >= 4 is 5.91 Å². The predicted octanol–water partition coefficient (Wildman–Crippen LogP) is 2.59. The molecule has 0 radical (unpaired) electrons. The Bertz CT molecular complexity index is 737. The number of benzene rings is 1. The third-order valence-corrected chi connectivity index (χ3v) is 4.34. The van der Waals surface area contributed by atoms with Crippen LogP contribution in [0.25, 0.3) is 11.3 Å². The topological polar surface area (TPSA) is 82.8 Å². The number of nitrogens with one attached hydrogen (secondary N) is 1. The van der Waals surface area contributed by atoms with E-state index in [0.29, 0.717) is 42.5 Å². The molecular weight excluding hydrogens is 336 g/mol. The second-order valence-corrected chi connectivity index (χ2v) is 6.12. The summed E-state index contributed by atoms with van der Waals surface area (Å²) in [7, 11) is 3.19. The number of methoxy groups -OCH3 is 2. The van der Waals surface area contributed by atoms with Crippen LogP contribution in [0.2, 0.25) is 0 Å². The van der Waals surface area contributed by atoms with Gasteiger partial charge in [-0.25, -0.2) is 4.98 Å². The molecule has 26 heavy (non-hydrogen) atoms. The summed E-state index contributed by atoms with van der Waals surface area (Å²) in [6.07, 6.45) is 4.63. The van der Waals surface area contributed by atoms with Crippen LogP contribution in [0, 0.1) is 0 Å². The summed E-state index contributed by atoms with van der Waals surface area (Å²) in [6, 6.07) is 5.48. The minimum Gasteiger partial charge on any atom is -0.497 e. The molecule has 0 saturated carbocycles. The number of hydrogen-bond acceptors (Lipinski definition) is 6. The fourth-order valence-corrected chi connectivity index (χ4v) is 2.89. The first-order valence-corrected chi connectivity index (χ1v) is 8.75. The maximum absolute atomic E-state index is 12.0. The first-order chi connectivity index (χ1) is 12.7. The monoisotopic (exact) mass is 360 g/mol. The molecule has 7 heteroatoms. The maximum atomic E-state index is 12.0. The first kappa shape index (κ1) is 18.3. The highest BCUT2D eigenvalue weighted by Gasteiger charge is 2.17. The normalized spacial score (nSPS) is 16.5. The SMILES string of the molecule is COc1ccc(-c2cnc(CCC(=O)NC[C@H]3CCCO3)o2)c(OC)c1. The van der Waals surface area contributed by atoms with E-state index in [1.165, 1.54) is 0 Å². The van der Waals surface area contributed by atoms with Gasteiger partial charge in [0.15, 0.2) is 11.7 Å². The van der Waals surface area contributed by atoms with E-state index in [2.05, 4.69) is 10.3 Å². The van der Waals surface area contributed by atoms with Gasteiger partial charge in [-0.3, -0.25) is 4.79 Å². The standard InChI is InChI=1S/C19H24N2O5/c1-23-13-5-6-15(16(10-13)24-2)17-12-21-19(26-17)8-7-18(22)20-11-14-4-3-9-25-14/h5-6,10,12,14H,3-4,7-9,11H2,1-2H3,(H,20,22)/t14-/m1/s1. The lowest BCUT2D eigenvalue weighted by Gasteiger charge is -2.10. The van der Waals surface area contributed by atoms with Crippen molar-refractivity contribution in [3.8, 4) is 22.8 Å². The Morgan fingerprint density at radius 3 is 2.96 bits per heavy atom. The largest absolute Gasteiger partial charge is 0.497 e. The molecule has 2 aromatic rings. The van der Waals surface area contributed by atoms with E-state index >= 15 is 0 Å². The van der Waals surface area contributed by atoms with E-state index in [4.69, 9.17) is 18.6 Å². The number of carbonyl (C=O) groups is 1. The zero-order chi connectivity index (χ0) is 18.4. The maximum Gasteiger partial charge on any atom is 0.220 e.